The molecule has 1 rings (SSSR count). The number of nitrogens with one attached hydrogen (secondary N) is 2. The topological polar surface area (TPSA) is 50.4 Å². The van der Waals surface area contributed by atoms with E-state index in [1.165, 1.54) is 0 Å². The molecule has 1 aromatic carbocycles. The molecule has 0 aliphatic heterocycles. The number of ether oxygens (including phenoxy) is 1. The standard InChI is InChI=1S/C11H14N2O2/c1-3-8-12-11(14)13-9-4-6-10(15-2)7-5-9/h3-8H,1-2H3,(H2,12,13,14)/b8-3+. The summed E-state index contributed by atoms with van der Waals surface area (Å²) in [7, 11) is 1.60. The second-order valence-electron chi connectivity index (χ2n) is 2.83. The van der Waals surface area contributed by atoms with Crippen LogP contribution in [0.1, 0.15) is 6.92 Å². The number of allylic oxidation sites excluding steroid dienone is 1. The quantitative estimate of drug-likeness (QED) is 0.797. The minimum atomic E-state index is -0.265. The summed E-state index contributed by atoms with van der Waals surface area (Å²) in [6.45, 7) is 1.83. The zero-order valence-electron chi connectivity index (χ0n) is 8.78. The highest BCUT2D eigenvalue weighted by molar-refractivity contribution is 5.89. The average Bonchev–Trinajstić information content (AvgIpc) is 2.27. The van der Waals surface area contributed by atoms with Crippen LogP contribution in [0.25, 0.3) is 0 Å². The Morgan fingerprint density at radius 3 is 2.53 bits per heavy atom. The van der Waals surface area contributed by atoms with Crippen molar-refractivity contribution in [3.05, 3.63) is 36.5 Å². The summed E-state index contributed by atoms with van der Waals surface area (Å²) in [6, 6.07) is 6.84. The number of anilines is 1. The van der Waals surface area contributed by atoms with Crippen molar-refractivity contribution in [2.45, 2.75) is 6.92 Å². The van der Waals surface area contributed by atoms with E-state index in [0.29, 0.717) is 0 Å². The zero-order chi connectivity index (χ0) is 11.1. The lowest BCUT2D eigenvalue weighted by Crippen LogP contribution is -2.23. The summed E-state index contributed by atoms with van der Waals surface area (Å²) in [6.07, 6.45) is 3.31. The molecule has 0 saturated heterocycles. The van der Waals surface area contributed by atoms with Crippen LogP contribution >= 0.6 is 0 Å². The molecule has 2 amide bonds. The van der Waals surface area contributed by atoms with Crippen molar-refractivity contribution in [1.29, 1.82) is 0 Å². The Morgan fingerprint density at radius 1 is 1.33 bits per heavy atom. The fourth-order valence-corrected chi connectivity index (χ4v) is 1.00. The summed E-state index contributed by atoms with van der Waals surface area (Å²) in [5, 5.41) is 5.22. The van der Waals surface area contributed by atoms with Gasteiger partial charge in [0.25, 0.3) is 0 Å². The van der Waals surface area contributed by atoms with Crippen LogP contribution in [0.4, 0.5) is 10.5 Å². The highest BCUT2D eigenvalue weighted by Gasteiger charge is 1.98. The van der Waals surface area contributed by atoms with E-state index in [0.717, 1.165) is 11.4 Å². The SMILES string of the molecule is C/C=C/NC(=O)Nc1ccc(OC)cc1. The first-order valence-electron chi connectivity index (χ1n) is 4.59. The molecule has 0 atom stereocenters. The van der Waals surface area contributed by atoms with Gasteiger partial charge in [-0.1, -0.05) is 6.08 Å². The Labute approximate surface area is 88.9 Å². The molecule has 1 aromatic rings. The maximum absolute atomic E-state index is 11.2. The van der Waals surface area contributed by atoms with E-state index >= 15 is 0 Å². The molecule has 0 unspecified atom stereocenters. The van der Waals surface area contributed by atoms with Crippen LogP contribution in [0.2, 0.25) is 0 Å². The third kappa shape index (κ3) is 3.72. The Kier molecular flexibility index (Phi) is 4.22. The third-order valence-corrected chi connectivity index (χ3v) is 1.73. The molecular formula is C11H14N2O2. The highest BCUT2D eigenvalue weighted by atomic mass is 16.5. The van der Waals surface area contributed by atoms with Gasteiger partial charge < -0.3 is 15.4 Å². The lowest BCUT2D eigenvalue weighted by atomic mass is 10.3. The molecule has 0 saturated carbocycles. The summed E-state index contributed by atoms with van der Waals surface area (Å²) in [5.74, 6) is 0.759. The summed E-state index contributed by atoms with van der Waals surface area (Å²) in [4.78, 5) is 11.2. The van der Waals surface area contributed by atoms with E-state index in [-0.39, 0.29) is 6.03 Å². The second-order valence-corrected chi connectivity index (χ2v) is 2.83. The fraction of sp³-hybridized carbons (Fsp3) is 0.182. The van der Waals surface area contributed by atoms with Crippen molar-refractivity contribution in [3.63, 3.8) is 0 Å². The first kappa shape index (κ1) is 11.1. The van der Waals surface area contributed by atoms with E-state index < -0.39 is 0 Å². The smallest absolute Gasteiger partial charge is 0.323 e. The zero-order valence-corrected chi connectivity index (χ0v) is 8.78. The van der Waals surface area contributed by atoms with Crippen LogP contribution in [0.15, 0.2) is 36.5 Å². The number of amides is 2. The van der Waals surface area contributed by atoms with Crippen molar-refractivity contribution in [2.75, 3.05) is 12.4 Å². The number of hydrogen-bond acceptors (Lipinski definition) is 2. The Hall–Kier alpha value is -1.97. The second kappa shape index (κ2) is 5.70. The van der Waals surface area contributed by atoms with Gasteiger partial charge in [0.05, 0.1) is 7.11 Å². The molecule has 80 valence electrons. The molecule has 0 heterocycles. The first-order chi connectivity index (χ1) is 7.26. The maximum Gasteiger partial charge on any atom is 0.323 e. The van der Waals surface area contributed by atoms with E-state index in [4.69, 9.17) is 4.74 Å². The molecular weight excluding hydrogens is 192 g/mol. The predicted molar refractivity (Wildman–Crippen MR) is 60.0 cm³/mol. The predicted octanol–water partition coefficient (Wildman–Crippen LogP) is 2.35. The van der Waals surface area contributed by atoms with E-state index in [9.17, 15) is 4.79 Å². The third-order valence-electron chi connectivity index (χ3n) is 1.73. The monoisotopic (exact) mass is 206 g/mol. The van der Waals surface area contributed by atoms with E-state index in [2.05, 4.69) is 10.6 Å². The molecule has 0 fully saturated rings. The molecule has 0 spiro atoms. The van der Waals surface area contributed by atoms with E-state index in [1.807, 2.05) is 6.92 Å². The van der Waals surface area contributed by atoms with Crippen molar-refractivity contribution in [1.82, 2.24) is 5.32 Å². The number of methoxy groups -OCH3 is 1. The molecule has 0 aliphatic rings. The highest BCUT2D eigenvalue weighted by Crippen LogP contribution is 2.14. The molecule has 2 N–H and O–H groups in total. The number of carbonyl (C=O) groups is 1. The van der Waals surface area contributed by atoms with Gasteiger partial charge in [-0.2, -0.15) is 0 Å². The van der Waals surface area contributed by atoms with Crippen LogP contribution < -0.4 is 15.4 Å². The number of carbonyl (C=O) groups excluding carboxylic acids is 1. The van der Waals surface area contributed by atoms with Gasteiger partial charge >= 0.3 is 6.03 Å². The normalized spacial score (nSPS) is 10.0. The molecule has 0 aromatic heterocycles. The lowest BCUT2D eigenvalue weighted by molar-refractivity contribution is 0.255. The van der Waals surface area contributed by atoms with Gasteiger partial charge in [0.15, 0.2) is 0 Å². The van der Waals surface area contributed by atoms with Crippen molar-refractivity contribution in [2.24, 2.45) is 0 Å². The van der Waals surface area contributed by atoms with Crippen LogP contribution in [-0.2, 0) is 0 Å². The van der Waals surface area contributed by atoms with Crippen molar-refractivity contribution in [3.8, 4) is 5.75 Å². The van der Waals surface area contributed by atoms with Gasteiger partial charge in [-0.25, -0.2) is 4.79 Å². The average molecular weight is 206 g/mol. The Balaban J connectivity index is 2.53. The summed E-state index contributed by atoms with van der Waals surface area (Å²) in [5.41, 5.74) is 0.720. The lowest BCUT2D eigenvalue weighted by Gasteiger charge is -2.05. The first-order valence-corrected chi connectivity index (χ1v) is 4.59. The maximum atomic E-state index is 11.2. The number of hydrogen-bond donors (Lipinski definition) is 2. The van der Waals surface area contributed by atoms with Gasteiger partial charge in [0.2, 0.25) is 0 Å². The molecule has 15 heavy (non-hydrogen) atoms. The largest absolute Gasteiger partial charge is 0.497 e. The van der Waals surface area contributed by atoms with Gasteiger partial charge in [-0.05, 0) is 31.2 Å². The van der Waals surface area contributed by atoms with Crippen molar-refractivity contribution < 1.29 is 9.53 Å². The molecule has 0 aliphatic carbocycles. The van der Waals surface area contributed by atoms with Crippen LogP contribution in [0.3, 0.4) is 0 Å². The van der Waals surface area contributed by atoms with Gasteiger partial charge in [0, 0.05) is 11.9 Å². The minimum Gasteiger partial charge on any atom is -0.497 e. The molecule has 0 radical (unpaired) electrons. The number of rotatable bonds is 3. The van der Waals surface area contributed by atoms with Crippen LogP contribution in [0.5, 0.6) is 5.75 Å². The van der Waals surface area contributed by atoms with Gasteiger partial charge in [-0.15, -0.1) is 0 Å². The van der Waals surface area contributed by atoms with E-state index in [1.54, 1.807) is 43.7 Å². The van der Waals surface area contributed by atoms with Gasteiger partial charge in [-0.3, -0.25) is 0 Å². The van der Waals surface area contributed by atoms with Crippen LogP contribution in [-0.4, -0.2) is 13.1 Å². The molecule has 4 nitrogen and oxygen atoms in total. The van der Waals surface area contributed by atoms with Gasteiger partial charge in [0.1, 0.15) is 5.75 Å². The van der Waals surface area contributed by atoms with Crippen molar-refractivity contribution >= 4 is 11.7 Å². The molecule has 0 bridgehead atoms. The Bertz CT molecular complexity index is 344. The summed E-state index contributed by atoms with van der Waals surface area (Å²) < 4.78 is 5.00. The minimum absolute atomic E-state index is 0.265. The number of benzene rings is 1. The summed E-state index contributed by atoms with van der Waals surface area (Å²) >= 11 is 0. The molecule has 4 heteroatoms. The Morgan fingerprint density at radius 2 is 2.00 bits per heavy atom. The number of urea groups is 1. The van der Waals surface area contributed by atoms with Crippen LogP contribution in [0, 0.1) is 0 Å². The fourth-order valence-electron chi connectivity index (χ4n) is 1.00.